The van der Waals surface area contributed by atoms with Gasteiger partial charge in [-0.3, -0.25) is 19.7 Å². The molecule has 4 rings (SSSR count). The van der Waals surface area contributed by atoms with Gasteiger partial charge >= 0.3 is 0 Å². The van der Waals surface area contributed by atoms with Crippen LogP contribution in [0, 0.1) is 24.0 Å². The van der Waals surface area contributed by atoms with Crippen LogP contribution in [-0.4, -0.2) is 16.7 Å². The summed E-state index contributed by atoms with van der Waals surface area (Å²) < 4.78 is 5.59. The molecule has 2 amide bonds. The number of amides is 2. The van der Waals surface area contributed by atoms with Crippen molar-refractivity contribution in [3.63, 3.8) is 0 Å². The minimum atomic E-state index is -0.518. The molecule has 4 aromatic rings. The number of rotatable bonds is 5. The normalized spacial score (nSPS) is 10.7. The van der Waals surface area contributed by atoms with E-state index in [-0.39, 0.29) is 22.9 Å². The van der Waals surface area contributed by atoms with Gasteiger partial charge in [0.1, 0.15) is 5.58 Å². The molecule has 8 heteroatoms. The first-order valence-corrected chi connectivity index (χ1v) is 9.79. The molecule has 3 aromatic carbocycles. The zero-order valence-electron chi connectivity index (χ0n) is 17.3. The summed E-state index contributed by atoms with van der Waals surface area (Å²) in [6, 6.07) is 18.4. The van der Waals surface area contributed by atoms with Gasteiger partial charge < -0.3 is 15.1 Å². The Morgan fingerprint density at radius 2 is 1.69 bits per heavy atom. The number of nitrogens with zero attached hydrogens (tertiary/aromatic N) is 1. The molecule has 0 radical (unpaired) electrons. The molecule has 0 bridgehead atoms. The van der Waals surface area contributed by atoms with Gasteiger partial charge in [0.15, 0.2) is 5.76 Å². The second-order valence-electron chi connectivity index (χ2n) is 7.29. The molecule has 8 nitrogen and oxygen atoms in total. The molecule has 1 aromatic heterocycles. The lowest BCUT2D eigenvalue weighted by Gasteiger charge is -2.11. The van der Waals surface area contributed by atoms with Gasteiger partial charge in [-0.1, -0.05) is 24.3 Å². The molecule has 1 heterocycles. The number of anilines is 2. The van der Waals surface area contributed by atoms with Gasteiger partial charge in [-0.25, -0.2) is 0 Å². The summed E-state index contributed by atoms with van der Waals surface area (Å²) in [5.41, 5.74) is 2.82. The summed E-state index contributed by atoms with van der Waals surface area (Å²) in [6.45, 7) is 3.33. The summed E-state index contributed by atoms with van der Waals surface area (Å²) in [6.07, 6.45) is 0. The van der Waals surface area contributed by atoms with Crippen molar-refractivity contribution in [3.05, 3.63) is 99.3 Å². The molecule has 0 saturated heterocycles. The third-order valence-corrected chi connectivity index (χ3v) is 5.13. The first kappa shape index (κ1) is 20.8. The van der Waals surface area contributed by atoms with Crippen LogP contribution in [0.3, 0.4) is 0 Å². The number of fused-ring (bicyclic) bond motifs is 1. The monoisotopic (exact) mass is 429 g/mol. The van der Waals surface area contributed by atoms with Crippen molar-refractivity contribution < 1.29 is 18.9 Å². The Kier molecular flexibility index (Phi) is 5.43. The number of para-hydroxylation sites is 1. The number of benzene rings is 3. The fourth-order valence-electron chi connectivity index (χ4n) is 3.43. The Morgan fingerprint density at radius 1 is 0.906 bits per heavy atom. The van der Waals surface area contributed by atoms with Crippen LogP contribution in [0.2, 0.25) is 0 Å². The molecular formula is C24H19N3O5. The number of carbonyl (C=O) groups excluding carboxylic acids is 2. The van der Waals surface area contributed by atoms with Gasteiger partial charge in [-0.05, 0) is 55.8 Å². The first-order chi connectivity index (χ1) is 15.3. The van der Waals surface area contributed by atoms with E-state index < -0.39 is 10.8 Å². The van der Waals surface area contributed by atoms with Gasteiger partial charge in [-0.15, -0.1) is 0 Å². The highest BCUT2D eigenvalue weighted by molar-refractivity contribution is 6.07. The number of carbonyl (C=O) groups is 2. The topological polar surface area (TPSA) is 114 Å². The predicted octanol–water partition coefficient (Wildman–Crippen LogP) is 5.46. The van der Waals surface area contributed by atoms with Crippen LogP contribution >= 0.6 is 0 Å². The van der Waals surface area contributed by atoms with Crippen LogP contribution in [0.15, 0.2) is 71.1 Å². The van der Waals surface area contributed by atoms with Crippen molar-refractivity contribution >= 4 is 39.8 Å². The fraction of sp³-hybridized carbons (Fsp3) is 0.0833. The van der Waals surface area contributed by atoms with Crippen molar-refractivity contribution in [2.24, 2.45) is 0 Å². The highest BCUT2D eigenvalue weighted by Gasteiger charge is 2.18. The van der Waals surface area contributed by atoms with Crippen LogP contribution in [0.4, 0.5) is 17.1 Å². The Balaban J connectivity index is 1.50. The van der Waals surface area contributed by atoms with Gasteiger partial charge in [0, 0.05) is 34.0 Å². The van der Waals surface area contributed by atoms with Gasteiger partial charge in [0.2, 0.25) is 0 Å². The highest BCUT2D eigenvalue weighted by Crippen LogP contribution is 2.25. The maximum Gasteiger partial charge on any atom is 0.291 e. The third kappa shape index (κ3) is 4.06. The van der Waals surface area contributed by atoms with E-state index >= 15 is 0 Å². The zero-order valence-corrected chi connectivity index (χ0v) is 17.3. The quantitative estimate of drug-likeness (QED) is 0.323. The van der Waals surface area contributed by atoms with E-state index in [0.29, 0.717) is 22.5 Å². The molecule has 160 valence electrons. The summed E-state index contributed by atoms with van der Waals surface area (Å²) in [7, 11) is 0. The maximum atomic E-state index is 12.6. The Labute approximate surface area is 183 Å². The van der Waals surface area contributed by atoms with Gasteiger partial charge in [0.25, 0.3) is 17.5 Å². The smallest absolute Gasteiger partial charge is 0.291 e. The second-order valence-corrected chi connectivity index (χ2v) is 7.29. The van der Waals surface area contributed by atoms with Crippen molar-refractivity contribution in [3.8, 4) is 0 Å². The molecule has 0 aliphatic carbocycles. The third-order valence-electron chi connectivity index (χ3n) is 5.13. The lowest BCUT2D eigenvalue weighted by atomic mass is 10.1. The van der Waals surface area contributed by atoms with Gasteiger partial charge in [-0.2, -0.15) is 0 Å². The van der Waals surface area contributed by atoms with E-state index in [4.69, 9.17) is 4.42 Å². The molecule has 0 aliphatic heterocycles. The van der Waals surface area contributed by atoms with Crippen LogP contribution in [0.1, 0.15) is 32.0 Å². The molecule has 0 fully saturated rings. The van der Waals surface area contributed by atoms with E-state index in [1.807, 2.05) is 18.2 Å². The number of furan rings is 1. The number of hydrogen-bond donors (Lipinski definition) is 2. The maximum absolute atomic E-state index is 12.6. The summed E-state index contributed by atoms with van der Waals surface area (Å²) in [4.78, 5) is 35.8. The van der Waals surface area contributed by atoms with Crippen LogP contribution in [0.5, 0.6) is 0 Å². The van der Waals surface area contributed by atoms with Crippen molar-refractivity contribution in [2.75, 3.05) is 10.6 Å². The molecule has 0 unspecified atom stereocenters. The number of nitro groups is 1. The Morgan fingerprint density at radius 3 is 2.41 bits per heavy atom. The Hall–Kier alpha value is -4.46. The molecular weight excluding hydrogens is 410 g/mol. The van der Waals surface area contributed by atoms with E-state index in [2.05, 4.69) is 10.6 Å². The summed E-state index contributed by atoms with van der Waals surface area (Å²) in [5.74, 6) is -0.637. The fourth-order valence-corrected chi connectivity index (χ4v) is 3.43. The van der Waals surface area contributed by atoms with Gasteiger partial charge in [0.05, 0.1) is 4.92 Å². The van der Waals surface area contributed by atoms with Crippen molar-refractivity contribution in [1.29, 1.82) is 0 Å². The molecule has 0 saturated carbocycles. The lowest BCUT2D eigenvalue weighted by Crippen LogP contribution is -2.15. The SMILES string of the molecule is Cc1cc(NC(=O)c2cccc([N+](=O)[O-])c2C)ccc1NC(=O)c1cc2ccccc2o1. The minimum absolute atomic E-state index is 0.113. The number of nitrogens with one attached hydrogen (secondary N) is 2. The lowest BCUT2D eigenvalue weighted by molar-refractivity contribution is -0.385. The van der Waals surface area contributed by atoms with Crippen LogP contribution < -0.4 is 10.6 Å². The average molecular weight is 429 g/mol. The molecule has 2 N–H and O–H groups in total. The minimum Gasteiger partial charge on any atom is -0.451 e. The molecule has 0 atom stereocenters. The average Bonchev–Trinajstić information content (AvgIpc) is 3.20. The number of nitro benzene ring substituents is 1. The molecule has 32 heavy (non-hydrogen) atoms. The first-order valence-electron chi connectivity index (χ1n) is 9.79. The second kappa shape index (κ2) is 8.35. The highest BCUT2D eigenvalue weighted by atomic mass is 16.6. The van der Waals surface area contributed by atoms with Crippen molar-refractivity contribution in [2.45, 2.75) is 13.8 Å². The van der Waals surface area contributed by atoms with Crippen LogP contribution in [-0.2, 0) is 0 Å². The molecule has 0 aliphatic rings. The Bertz CT molecular complexity index is 1340. The van der Waals surface area contributed by atoms with Crippen molar-refractivity contribution in [1.82, 2.24) is 0 Å². The summed E-state index contributed by atoms with van der Waals surface area (Å²) in [5, 5.41) is 17.5. The zero-order chi connectivity index (χ0) is 22.8. The number of hydrogen-bond acceptors (Lipinski definition) is 5. The van der Waals surface area contributed by atoms with Crippen LogP contribution in [0.25, 0.3) is 11.0 Å². The van der Waals surface area contributed by atoms with E-state index in [1.54, 1.807) is 37.3 Å². The van der Waals surface area contributed by atoms with E-state index in [1.165, 1.54) is 25.1 Å². The largest absolute Gasteiger partial charge is 0.451 e. The van der Waals surface area contributed by atoms with E-state index in [9.17, 15) is 19.7 Å². The predicted molar refractivity (Wildman–Crippen MR) is 121 cm³/mol. The standard InChI is InChI=1S/C24H19N3O5/c1-14-12-17(25-23(28)18-7-5-8-20(15(18)2)27(30)31)10-11-19(14)26-24(29)22-13-16-6-3-4-9-21(16)32-22/h3-13H,1-2H3,(H,25,28)(H,26,29). The summed E-state index contributed by atoms with van der Waals surface area (Å²) >= 11 is 0. The van der Waals surface area contributed by atoms with E-state index in [0.717, 1.165) is 10.9 Å². The number of aryl methyl sites for hydroxylation is 1. The molecule has 0 spiro atoms.